The molecule has 1 saturated carbocycles. The molecule has 0 radical (unpaired) electrons. The Morgan fingerprint density at radius 2 is 2.00 bits per heavy atom. The van der Waals surface area contributed by atoms with Crippen molar-refractivity contribution >= 4 is 11.6 Å². The van der Waals surface area contributed by atoms with E-state index in [1.807, 2.05) is 0 Å². The van der Waals surface area contributed by atoms with Gasteiger partial charge in [0.15, 0.2) is 0 Å². The van der Waals surface area contributed by atoms with Crippen LogP contribution in [0.5, 0.6) is 0 Å². The van der Waals surface area contributed by atoms with Crippen molar-refractivity contribution in [2.24, 2.45) is 5.73 Å². The Labute approximate surface area is 89.2 Å². The van der Waals surface area contributed by atoms with Crippen molar-refractivity contribution in [2.75, 3.05) is 0 Å². The lowest BCUT2D eigenvalue weighted by Crippen LogP contribution is -2.56. The van der Waals surface area contributed by atoms with Crippen LogP contribution in [-0.4, -0.2) is 10.9 Å². The second-order valence-corrected chi connectivity index (χ2v) is 4.23. The van der Waals surface area contributed by atoms with Crippen LogP contribution < -0.4 is 5.73 Å². The van der Waals surface area contributed by atoms with E-state index in [1.54, 1.807) is 0 Å². The van der Waals surface area contributed by atoms with E-state index in [9.17, 15) is 13.2 Å². The summed E-state index contributed by atoms with van der Waals surface area (Å²) in [4.78, 5) is 3.36. The van der Waals surface area contributed by atoms with E-state index in [4.69, 9.17) is 17.3 Å². The molecule has 2 nitrogen and oxygen atoms in total. The number of hydrogen-bond donors (Lipinski definition) is 1. The van der Waals surface area contributed by atoms with E-state index in [1.165, 1.54) is 12.3 Å². The van der Waals surface area contributed by atoms with E-state index >= 15 is 0 Å². The molecule has 6 heteroatoms. The molecular weight excluding hydrogens is 229 g/mol. The van der Waals surface area contributed by atoms with Crippen molar-refractivity contribution in [3.63, 3.8) is 0 Å². The number of nitrogens with zero attached hydrogens (tertiary/aromatic N) is 1. The lowest BCUT2D eigenvalue weighted by atomic mass is 9.70. The fourth-order valence-corrected chi connectivity index (χ4v) is 2.23. The Morgan fingerprint density at radius 1 is 1.40 bits per heavy atom. The molecule has 1 aromatic rings. The number of halogens is 4. The van der Waals surface area contributed by atoms with Gasteiger partial charge in [-0.15, -0.1) is 0 Å². The molecular formula is C9H8ClF3N2. The first-order chi connectivity index (χ1) is 6.84. The Hall–Kier alpha value is -0.810. The molecule has 0 atom stereocenters. The number of alkyl halides is 2. The lowest BCUT2D eigenvalue weighted by molar-refractivity contribution is -0.126. The number of rotatable bonds is 1. The Bertz CT molecular complexity index is 380. The molecule has 1 fully saturated rings. The first kappa shape index (κ1) is 10.7. The van der Waals surface area contributed by atoms with E-state index in [0.717, 1.165) is 0 Å². The highest BCUT2D eigenvalue weighted by molar-refractivity contribution is 6.31. The quantitative estimate of drug-likeness (QED) is 0.761. The van der Waals surface area contributed by atoms with Crippen LogP contribution in [0.4, 0.5) is 13.2 Å². The SMILES string of the molecule is NC1(c2c(Cl)ccnc2F)CC(F)(F)C1. The van der Waals surface area contributed by atoms with Crippen molar-refractivity contribution in [2.45, 2.75) is 24.3 Å². The van der Waals surface area contributed by atoms with Gasteiger partial charge in [0.05, 0.1) is 10.6 Å². The Kier molecular flexibility index (Phi) is 2.20. The van der Waals surface area contributed by atoms with E-state index in [2.05, 4.69) is 4.98 Å². The monoisotopic (exact) mass is 236 g/mol. The number of aromatic nitrogens is 1. The molecule has 2 N–H and O–H groups in total. The summed E-state index contributed by atoms with van der Waals surface area (Å²) < 4.78 is 38.7. The maximum absolute atomic E-state index is 13.3. The molecule has 0 aromatic carbocycles. The molecule has 1 aromatic heterocycles. The smallest absolute Gasteiger partial charge is 0.252 e. The average molecular weight is 237 g/mol. The van der Waals surface area contributed by atoms with Gasteiger partial charge in [-0.25, -0.2) is 13.8 Å². The van der Waals surface area contributed by atoms with E-state index < -0.39 is 30.3 Å². The molecule has 1 heterocycles. The summed E-state index contributed by atoms with van der Waals surface area (Å²) in [5.41, 5.74) is 4.15. The van der Waals surface area contributed by atoms with Crippen molar-refractivity contribution in [1.29, 1.82) is 0 Å². The van der Waals surface area contributed by atoms with Gasteiger partial charge < -0.3 is 5.73 Å². The van der Waals surface area contributed by atoms with Gasteiger partial charge in [0.1, 0.15) is 0 Å². The van der Waals surface area contributed by atoms with Gasteiger partial charge in [0, 0.05) is 24.6 Å². The van der Waals surface area contributed by atoms with Crippen molar-refractivity contribution < 1.29 is 13.2 Å². The second kappa shape index (κ2) is 3.09. The topological polar surface area (TPSA) is 38.9 Å². The van der Waals surface area contributed by atoms with Crippen molar-refractivity contribution in [1.82, 2.24) is 4.98 Å². The zero-order valence-corrected chi connectivity index (χ0v) is 8.36. The predicted molar refractivity (Wildman–Crippen MR) is 49.3 cm³/mol. The summed E-state index contributed by atoms with van der Waals surface area (Å²) in [7, 11) is 0. The second-order valence-electron chi connectivity index (χ2n) is 3.82. The summed E-state index contributed by atoms with van der Waals surface area (Å²) in [6.45, 7) is 0. The van der Waals surface area contributed by atoms with Crippen LogP contribution in [0.1, 0.15) is 18.4 Å². The molecule has 0 unspecified atom stereocenters. The van der Waals surface area contributed by atoms with Gasteiger partial charge in [-0.2, -0.15) is 4.39 Å². The maximum atomic E-state index is 13.3. The summed E-state index contributed by atoms with van der Waals surface area (Å²) in [5, 5.41) is 0.0421. The number of hydrogen-bond acceptors (Lipinski definition) is 2. The van der Waals surface area contributed by atoms with Crippen LogP contribution in [0.3, 0.4) is 0 Å². The van der Waals surface area contributed by atoms with Gasteiger partial charge in [-0.3, -0.25) is 0 Å². The largest absolute Gasteiger partial charge is 0.321 e. The highest BCUT2D eigenvalue weighted by Gasteiger charge is 2.57. The van der Waals surface area contributed by atoms with Gasteiger partial charge in [0.2, 0.25) is 5.95 Å². The predicted octanol–water partition coefficient (Wildman–Crippen LogP) is 2.46. The fourth-order valence-electron chi connectivity index (χ4n) is 1.91. The van der Waals surface area contributed by atoms with Crippen LogP contribution >= 0.6 is 11.6 Å². The van der Waals surface area contributed by atoms with Crippen LogP contribution in [0.15, 0.2) is 12.3 Å². The third kappa shape index (κ3) is 1.70. The van der Waals surface area contributed by atoms with Crippen molar-refractivity contribution in [3.8, 4) is 0 Å². The molecule has 15 heavy (non-hydrogen) atoms. The van der Waals surface area contributed by atoms with Crippen LogP contribution in [0.25, 0.3) is 0 Å². The Morgan fingerprint density at radius 3 is 2.47 bits per heavy atom. The minimum atomic E-state index is -2.83. The molecule has 0 bridgehead atoms. The molecule has 0 aliphatic heterocycles. The summed E-state index contributed by atoms with van der Waals surface area (Å²) >= 11 is 5.71. The summed E-state index contributed by atoms with van der Waals surface area (Å²) in [6.07, 6.45) is -0.0218. The average Bonchev–Trinajstić information content (AvgIpc) is 1.98. The molecule has 82 valence electrons. The third-order valence-corrected chi connectivity index (χ3v) is 2.81. The molecule has 1 aliphatic carbocycles. The fraction of sp³-hybridized carbons (Fsp3) is 0.444. The number of nitrogens with two attached hydrogens (primary N) is 1. The minimum Gasteiger partial charge on any atom is -0.321 e. The molecule has 0 amide bonds. The molecule has 0 spiro atoms. The minimum absolute atomic E-state index is 0.0421. The highest BCUT2D eigenvalue weighted by Crippen LogP contribution is 2.51. The lowest BCUT2D eigenvalue weighted by Gasteiger charge is -2.44. The summed E-state index contributed by atoms with van der Waals surface area (Å²) in [5.74, 6) is -3.71. The maximum Gasteiger partial charge on any atom is 0.252 e. The summed E-state index contributed by atoms with van der Waals surface area (Å²) in [6, 6.07) is 1.34. The molecule has 1 aliphatic rings. The van der Waals surface area contributed by atoms with Gasteiger partial charge in [0.25, 0.3) is 5.92 Å². The highest BCUT2D eigenvalue weighted by atomic mass is 35.5. The zero-order valence-electron chi connectivity index (χ0n) is 7.61. The first-order valence-corrected chi connectivity index (χ1v) is 4.69. The van der Waals surface area contributed by atoms with Gasteiger partial charge >= 0.3 is 0 Å². The van der Waals surface area contributed by atoms with Crippen LogP contribution in [0, 0.1) is 5.95 Å². The zero-order chi connectivity index (χ0) is 11.3. The van der Waals surface area contributed by atoms with E-state index in [-0.39, 0.29) is 10.6 Å². The van der Waals surface area contributed by atoms with E-state index in [0.29, 0.717) is 0 Å². The molecule has 0 saturated heterocycles. The van der Waals surface area contributed by atoms with Crippen LogP contribution in [0.2, 0.25) is 5.02 Å². The first-order valence-electron chi connectivity index (χ1n) is 4.31. The molecule has 2 rings (SSSR count). The Balaban J connectivity index is 2.39. The number of pyridine rings is 1. The van der Waals surface area contributed by atoms with Crippen molar-refractivity contribution in [3.05, 3.63) is 28.8 Å². The van der Waals surface area contributed by atoms with Crippen LogP contribution in [-0.2, 0) is 5.54 Å². The standard InChI is InChI=1S/C9H8ClF3N2/c10-5-1-2-15-7(11)6(5)8(14)3-9(12,13)4-8/h1-2H,3-4,14H2. The van der Waals surface area contributed by atoms with Gasteiger partial charge in [-0.05, 0) is 6.07 Å². The third-order valence-electron chi connectivity index (χ3n) is 2.50. The normalized spacial score (nSPS) is 22.2. The van der Waals surface area contributed by atoms with Gasteiger partial charge in [-0.1, -0.05) is 11.6 Å².